The van der Waals surface area contributed by atoms with Crippen molar-refractivity contribution in [3.63, 3.8) is 0 Å². The van der Waals surface area contributed by atoms with E-state index in [9.17, 15) is 4.79 Å². The fourth-order valence-corrected chi connectivity index (χ4v) is 3.27. The minimum Gasteiger partial charge on any atom is -0.326 e. The van der Waals surface area contributed by atoms with Gasteiger partial charge >= 0.3 is 0 Å². The van der Waals surface area contributed by atoms with Gasteiger partial charge in [0, 0.05) is 18.2 Å². The van der Waals surface area contributed by atoms with Crippen LogP contribution in [0, 0.1) is 19.8 Å². The molecule has 1 amide bonds. The first kappa shape index (κ1) is 16.7. The Kier molecular flexibility index (Phi) is 5.31. The molecule has 0 atom stereocenters. The average molecular weight is 322 g/mol. The standard InChI is InChI=1S/C21H26N2O/c1-16-6-8-18(9-7-16)15-23-12-10-19(11-13-23)21(24)22-20-5-3-4-17(2)14-20/h3-9,14,19H,10-13,15H2,1-2H3,(H,22,24). The monoisotopic (exact) mass is 322 g/mol. The van der Waals surface area contributed by atoms with Crippen molar-refractivity contribution in [2.75, 3.05) is 18.4 Å². The molecule has 3 heteroatoms. The van der Waals surface area contributed by atoms with Gasteiger partial charge in [-0.05, 0) is 63.0 Å². The van der Waals surface area contributed by atoms with Gasteiger partial charge in [-0.15, -0.1) is 0 Å². The Hall–Kier alpha value is -2.13. The van der Waals surface area contributed by atoms with Gasteiger partial charge in [-0.1, -0.05) is 42.0 Å². The summed E-state index contributed by atoms with van der Waals surface area (Å²) in [6.45, 7) is 7.10. The fraction of sp³-hybridized carbons (Fsp3) is 0.381. The van der Waals surface area contributed by atoms with E-state index in [0.717, 1.165) is 38.2 Å². The van der Waals surface area contributed by atoms with E-state index in [-0.39, 0.29) is 11.8 Å². The van der Waals surface area contributed by atoms with Gasteiger partial charge in [0.25, 0.3) is 0 Å². The zero-order valence-corrected chi connectivity index (χ0v) is 14.6. The molecular weight excluding hydrogens is 296 g/mol. The normalized spacial score (nSPS) is 16.1. The largest absolute Gasteiger partial charge is 0.326 e. The molecule has 3 nitrogen and oxygen atoms in total. The lowest BCUT2D eigenvalue weighted by Crippen LogP contribution is -2.37. The van der Waals surface area contributed by atoms with Crippen LogP contribution >= 0.6 is 0 Å². The Bertz CT molecular complexity index is 685. The molecule has 2 aromatic carbocycles. The molecule has 1 N–H and O–H groups in total. The zero-order valence-electron chi connectivity index (χ0n) is 14.6. The highest BCUT2D eigenvalue weighted by atomic mass is 16.1. The summed E-state index contributed by atoms with van der Waals surface area (Å²) in [5, 5.41) is 3.07. The molecule has 1 saturated heterocycles. The predicted octanol–water partition coefficient (Wildman–Crippen LogP) is 4.15. The number of nitrogens with one attached hydrogen (secondary N) is 1. The molecule has 1 aliphatic heterocycles. The van der Waals surface area contributed by atoms with Crippen LogP contribution in [0.3, 0.4) is 0 Å². The summed E-state index contributed by atoms with van der Waals surface area (Å²) in [7, 11) is 0. The van der Waals surface area contributed by atoms with Crippen LogP contribution < -0.4 is 5.32 Å². The molecule has 0 aromatic heterocycles. The number of carbonyl (C=O) groups is 1. The molecule has 2 aromatic rings. The van der Waals surface area contributed by atoms with Crippen molar-refractivity contribution in [2.45, 2.75) is 33.2 Å². The smallest absolute Gasteiger partial charge is 0.227 e. The number of hydrogen-bond acceptors (Lipinski definition) is 2. The minimum atomic E-state index is 0.125. The maximum Gasteiger partial charge on any atom is 0.227 e. The lowest BCUT2D eigenvalue weighted by molar-refractivity contribution is -0.121. The third-order valence-corrected chi connectivity index (χ3v) is 4.77. The van der Waals surface area contributed by atoms with Crippen LogP contribution in [0.25, 0.3) is 0 Å². The summed E-state index contributed by atoms with van der Waals surface area (Å²) in [5.41, 5.74) is 4.72. The number of hydrogen-bond donors (Lipinski definition) is 1. The van der Waals surface area contributed by atoms with Gasteiger partial charge in [0.1, 0.15) is 0 Å². The number of piperidine rings is 1. The van der Waals surface area contributed by atoms with E-state index in [1.807, 2.05) is 31.2 Å². The summed E-state index contributed by atoms with van der Waals surface area (Å²) in [6, 6.07) is 16.7. The quantitative estimate of drug-likeness (QED) is 0.917. The van der Waals surface area contributed by atoms with Crippen molar-refractivity contribution in [1.82, 2.24) is 4.90 Å². The van der Waals surface area contributed by atoms with Gasteiger partial charge in [0.05, 0.1) is 0 Å². The van der Waals surface area contributed by atoms with Gasteiger partial charge in [-0.2, -0.15) is 0 Å². The van der Waals surface area contributed by atoms with E-state index < -0.39 is 0 Å². The molecule has 1 fully saturated rings. The second kappa shape index (κ2) is 7.63. The van der Waals surface area contributed by atoms with Gasteiger partial charge < -0.3 is 5.32 Å². The second-order valence-electron chi connectivity index (χ2n) is 6.89. The molecule has 0 spiro atoms. The summed E-state index contributed by atoms with van der Waals surface area (Å²) in [4.78, 5) is 14.9. The molecule has 0 radical (unpaired) electrons. The summed E-state index contributed by atoms with van der Waals surface area (Å²) >= 11 is 0. The second-order valence-corrected chi connectivity index (χ2v) is 6.89. The number of amides is 1. The molecule has 0 unspecified atom stereocenters. The molecular formula is C21H26N2O. The molecule has 126 valence electrons. The number of rotatable bonds is 4. The Balaban J connectivity index is 1.49. The maximum atomic E-state index is 12.5. The molecule has 1 heterocycles. The number of nitrogens with zero attached hydrogens (tertiary/aromatic N) is 1. The molecule has 0 saturated carbocycles. The lowest BCUT2D eigenvalue weighted by Gasteiger charge is -2.31. The van der Waals surface area contributed by atoms with E-state index in [1.165, 1.54) is 16.7 Å². The Morgan fingerprint density at radius 1 is 1.04 bits per heavy atom. The molecule has 3 rings (SSSR count). The van der Waals surface area contributed by atoms with E-state index in [2.05, 4.69) is 41.4 Å². The van der Waals surface area contributed by atoms with Crippen molar-refractivity contribution in [3.8, 4) is 0 Å². The Morgan fingerprint density at radius 3 is 2.42 bits per heavy atom. The predicted molar refractivity (Wildman–Crippen MR) is 99.0 cm³/mol. The van der Waals surface area contributed by atoms with Crippen LogP contribution in [0.4, 0.5) is 5.69 Å². The lowest BCUT2D eigenvalue weighted by atomic mass is 9.95. The molecule has 1 aliphatic rings. The first-order chi connectivity index (χ1) is 11.6. The van der Waals surface area contributed by atoms with Crippen molar-refractivity contribution < 1.29 is 4.79 Å². The van der Waals surface area contributed by atoms with Gasteiger partial charge in [-0.25, -0.2) is 0 Å². The highest BCUT2D eigenvalue weighted by Gasteiger charge is 2.25. The number of anilines is 1. The summed E-state index contributed by atoms with van der Waals surface area (Å²) in [5.74, 6) is 0.287. The van der Waals surface area contributed by atoms with Gasteiger partial charge in [0.2, 0.25) is 5.91 Å². The third kappa shape index (κ3) is 4.45. The van der Waals surface area contributed by atoms with Gasteiger partial charge in [0.15, 0.2) is 0 Å². The van der Waals surface area contributed by atoms with Crippen molar-refractivity contribution >= 4 is 11.6 Å². The van der Waals surface area contributed by atoms with E-state index in [4.69, 9.17) is 0 Å². The topological polar surface area (TPSA) is 32.3 Å². The molecule has 0 aliphatic carbocycles. The van der Waals surface area contributed by atoms with Crippen molar-refractivity contribution in [2.24, 2.45) is 5.92 Å². The number of benzene rings is 2. The van der Waals surface area contributed by atoms with E-state index >= 15 is 0 Å². The first-order valence-corrected chi connectivity index (χ1v) is 8.75. The van der Waals surface area contributed by atoms with Crippen LogP contribution in [0.2, 0.25) is 0 Å². The van der Waals surface area contributed by atoms with Crippen molar-refractivity contribution in [3.05, 3.63) is 65.2 Å². The highest BCUT2D eigenvalue weighted by Crippen LogP contribution is 2.21. The third-order valence-electron chi connectivity index (χ3n) is 4.77. The van der Waals surface area contributed by atoms with Crippen LogP contribution in [-0.2, 0) is 11.3 Å². The summed E-state index contributed by atoms with van der Waals surface area (Å²) < 4.78 is 0. The van der Waals surface area contributed by atoms with E-state index in [0.29, 0.717) is 0 Å². The first-order valence-electron chi connectivity index (χ1n) is 8.75. The number of aryl methyl sites for hydroxylation is 2. The van der Waals surface area contributed by atoms with Crippen LogP contribution in [-0.4, -0.2) is 23.9 Å². The van der Waals surface area contributed by atoms with Crippen LogP contribution in [0.1, 0.15) is 29.5 Å². The number of likely N-dealkylation sites (tertiary alicyclic amines) is 1. The van der Waals surface area contributed by atoms with E-state index in [1.54, 1.807) is 0 Å². The Labute approximate surface area is 144 Å². The van der Waals surface area contributed by atoms with Crippen LogP contribution in [0.5, 0.6) is 0 Å². The summed E-state index contributed by atoms with van der Waals surface area (Å²) in [6.07, 6.45) is 1.87. The Morgan fingerprint density at radius 2 is 1.75 bits per heavy atom. The highest BCUT2D eigenvalue weighted by molar-refractivity contribution is 5.92. The average Bonchev–Trinajstić information content (AvgIpc) is 2.57. The molecule has 24 heavy (non-hydrogen) atoms. The zero-order chi connectivity index (χ0) is 16.9. The number of carbonyl (C=O) groups excluding carboxylic acids is 1. The van der Waals surface area contributed by atoms with Crippen LogP contribution in [0.15, 0.2) is 48.5 Å². The minimum absolute atomic E-state index is 0.125. The van der Waals surface area contributed by atoms with Crippen molar-refractivity contribution in [1.29, 1.82) is 0 Å². The SMILES string of the molecule is Cc1ccc(CN2CCC(C(=O)Nc3cccc(C)c3)CC2)cc1. The fourth-order valence-electron chi connectivity index (χ4n) is 3.27. The maximum absolute atomic E-state index is 12.5. The molecule has 0 bridgehead atoms. The van der Waals surface area contributed by atoms with Gasteiger partial charge in [-0.3, -0.25) is 9.69 Å².